The number of methoxy groups -OCH3 is 1. The average molecular weight is 803 g/mol. The molecule has 0 radical (unpaired) electrons. The molecular weight excluding hydrogens is 705 g/mol. The van der Waals surface area contributed by atoms with Crippen LogP contribution in [0, 0.1) is 99.1 Å². The van der Waals surface area contributed by atoms with Gasteiger partial charge in [-0.05, 0) is 189 Å². The first-order chi connectivity index (χ1) is 27.1. The summed E-state index contributed by atoms with van der Waals surface area (Å²) in [6.07, 6.45) is 26.1. The predicted molar refractivity (Wildman–Crippen MR) is 252 cm³/mol. The van der Waals surface area contributed by atoms with Crippen LogP contribution < -0.4 is 0 Å². The molecule has 5 rings (SSSR count). The molecule has 0 aromatic heterocycles. The molecule has 0 bridgehead atoms. The lowest BCUT2D eigenvalue weighted by atomic mass is 9.46. The summed E-state index contributed by atoms with van der Waals surface area (Å²) < 4.78 is 5.97. The van der Waals surface area contributed by atoms with Crippen LogP contribution in [0.3, 0.4) is 0 Å². The Kier molecular flexibility index (Phi) is 16.0. The van der Waals surface area contributed by atoms with Gasteiger partial charge in [0.25, 0.3) is 0 Å². The third-order valence-electron chi connectivity index (χ3n) is 19.7. The van der Waals surface area contributed by atoms with Crippen molar-refractivity contribution >= 4 is 0 Å². The first-order valence-corrected chi connectivity index (χ1v) is 25.3. The van der Waals surface area contributed by atoms with Crippen LogP contribution in [-0.4, -0.2) is 23.9 Å². The molecule has 2 nitrogen and oxygen atoms in total. The molecule has 5 aliphatic rings. The summed E-state index contributed by atoms with van der Waals surface area (Å²) in [5.74, 6) is 10.0. The largest absolute Gasteiger partial charge is 0.388 e. The SMILES string of the molecule is C=CC(CC(=C)C(C)C(C)C(C)CC1C(C)(C)C1(C)OC)C(=C)C(O)C1CCC(CC(C)CCC(CC(C)CCC(C)(C)C)C23CCC4CCC(C)CC(C2)C43)CC1. The number of allylic oxidation sites excluding steroid dienone is 2. The van der Waals surface area contributed by atoms with Gasteiger partial charge in [-0.2, -0.15) is 0 Å². The highest BCUT2D eigenvalue weighted by molar-refractivity contribution is 5.20. The zero-order chi connectivity index (χ0) is 43.0. The molecule has 15 unspecified atom stereocenters. The highest BCUT2D eigenvalue weighted by Gasteiger charge is 2.68. The van der Waals surface area contributed by atoms with E-state index in [9.17, 15) is 5.11 Å². The second kappa shape index (κ2) is 19.3. The lowest BCUT2D eigenvalue weighted by molar-refractivity contribution is -0.0958. The minimum absolute atomic E-state index is 0.0133. The molecule has 58 heavy (non-hydrogen) atoms. The van der Waals surface area contributed by atoms with Gasteiger partial charge in [0.05, 0.1) is 11.7 Å². The van der Waals surface area contributed by atoms with Gasteiger partial charge >= 0.3 is 0 Å². The van der Waals surface area contributed by atoms with Crippen molar-refractivity contribution in [2.75, 3.05) is 7.11 Å². The molecule has 0 amide bonds. The number of rotatable bonds is 22. The quantitative estimate of drug-likeness (QED) is 0.111. The Balaban J connectivity index is 1.08. The number of ether oxygens (including phenoxy) is 1. The second-order valence-corrected chi connectivity index (χ2v) is 24.9. The first-order valence-electron chi connectivity index (χ1n) is 25.3. The Morgan fingerprint density at radius 2 is 1.53 bits per heavy atom. The molecular formula is C56H98O2. The van der Waals surface area contributed by atoms with Crippen molar-refractivity contribution in [3.05, 3.63) is 37.0 Å². The standard InChI is InChI=1S/C56H98O2/c1-17-45(33-39(5)41(7)42(8)40(6)34-50-54(13,14)55(50,15)58-16)43(9)52(57)47-23-20-44(21-24-47)30-36(2)19-25-49(32-38(4)26-28-53(10,11)12)56-29-27-46-22-18-37(3)31-48(35-56)51(46)56/h17,36-38,40-42,44-52,57H,1,5,9,18-35H2,2-4,6-8,10-16H3. The van der Waals surface area contributed by atoms with Crippen LogP contribution in [-0.2, 0) is 4.74 Å². The molecule has 334 valence electrons. The van der Waals surface area contributed by atoms with E-state index in [-0.39, 0.29) is 16.9 Å². The van der Waals surface area contributed by atoms with E-state index in [1.54, 1.807) is 12.8 Å². The van der Waals surface area contributed by atoms with Gasteiger partial charge in [-0.3, -0.25) is 0 Å². The monoisotopic (exact) mass is 803 g/mol. The van der Waals surface area contributed by atoms with Crippen LogP contribution in [0.5, 0.6) is 0 Å². The van der Waals surface area contributed by atoms with Crippen LogP contribution in [0.15, 0.2) is 37.0 Å². The fourth-order valence-corrected chi connectivity index (χ4v) is 14.8. The molecule has 0 heterocycles. The van der Waals surface area contributed by atoms with Crippen molar-refractivity contribution in [3.63, 3.8) is 0 Å². The maximum atomic E-state index is 11.7. The van der Waals surface area contributed by atoms with E-state index in [4.69, 9.17) is 4.74 Å². The number of aliphatic hydroxyl groups is 1. The van der Waals surface area contributed by atoms with E-state index in [1.807, 2.05) is 13.2 Å². The van der Waals surface area contributed by atoms with Gasteiger partial charge in [0.15, 0.2) is 0 Å². The summed E-state index contributed by atoms with van der Waals surface area (Å²) >= 11 is 0. The van der Waals surface area contributed by atoms with Gasteiger partial charge in [-0.25, -0.2) is 0 Å². The molecule has 0 saturated heterocycles. The van der Waals surface area contributed by atoms with Gasteiger partial charge in [-0.15, -0.1) is 6.58 Å². The molecule has 5 fully saturated rings. The Bertz CT molecular complexity index is 1360. The van der Waals surface area contributed by atoms with Gasteiger partial charge in [-0.1, -0.05) is 133 Å². The summed E-state index contributed by atoms with van der Waals surface area (Å²) in [6.45, 7) is 42.6. The van der Waals surface area contributed by atoms with Gasteiger partial charge in [0.1, 0.15) is 0 Å². The van der Waals surface area contributed by atoms with Gasteiger partial charge in [0, 0.05) is 13.0 Å². The topological polar surface area (TPSA) is 29.5 Å². The zero-order valence-electron chi connectivity index (χ0n) is 40.9. The fraction of sp³-hybridized carbons (Fsp3) is 0.893. The van der Waals surface area contributed by atoms with Crippen LogP contribution in [0.4, 0.5) is 0 Å². The third-order valence-corrected chi connectivity index (χ3v) is 19.7. The van der Waals surface area contributed by atoms with Gasteiger partial charge < -0.3 is 9.84 Å². The highest BCUT2D eigenvalue weighted by atomic mass is 16.5. The molecule has 0 spiro atoms. The van der Waals surface area contributed by atoms with E-state index in [2.05, 4.69) is 103 Å². The lowest BCUT2D eigenvalue weighted by Crippen LogP contribution is -2.51. The van der Waals surface area contributed by atoms with E-state index in [0.717, 1.165) is 72.2 Å². The van der Waals surface area contributed by atoms with Crippen LogP contribution in [0.1, 0.15) is 199 Å². The highest BCUT2D eigenvalue weighted by Crippen LogP contribution is 2.71. The summed E-state index contributed by atoms with van der Waals surface area (Å²) in [7, 11) is 1.87. The maximum absolute atomic E-state index is 11.7. The third kappa shape index (κ3) is 10.5. The van der Waals surface area contributed by atoms with Crippen molar-refractivity contribution in [3.8, 4) is 0 Å². The summed E-state index contributed by atoms with van der Waals surface area (Å²) in [6, 6.07) is 0. The smallest absolute Gasteiger partial charge is 0.0781 e. The maximum Gasteiger partial charge on any atom is 0.0781 e. The van der Waals surface area contributed by atoms with Crippen molar-refractivity contribution in [2.45, 2.75) is 210 Å². The van der Waals surface area contributed by atoms with Crippen molar-refractivity contribution in [1.29, 1.82) is 0 Å². The van der Waals surface area contributed by atoms with Crippen molar-refractivity contribution < 1.29 is 9.84 Å². The molecule has 15 atom stereocenters. The summed E-state index contributed by atoms with van der Waals surface area (Å²) in [4.78, 5) is 0. The Labute approximate surface area is 362 Å². The van der Waals surface area contributed by atoms with Crippen LogP contribution in [0.25, 0.3) is 0 Å². The molecule has 0 aromatic rings. The van der Waals surface area contributed by atoms with Crippen molar-refractivity contribution in [1.82, 2.24) is 0 Å². The summed E-state index contributed by atoms with van der Waals surface area (Å²) in [5.41, 5.74) is 3.58. The van der Waals surface area contributed by atoms with E-state index in [1.165, 1.54) is 89.0 Å². The number of hydrogen-bond acceptors (Lipinski definition) is 2. The Morgan fingerprint density at radius 1 is 0.862 bits per heavy atom. The van der Waals surface area contributed by atoms with E-state index in [0.29, 0.717) is 40.4 Å². The number of aliphatic hydroxyl groups excluding tert-OH is 1. The van der Waals surface area contributed by atoms with Gasteiger partial charge in [0.2, 0.25) is 0 Å². The first kappa shape index (κ1) is 48.2. The molecule has 5 saturated carbocycles. The van der Waals surface area contributed by atoms with Crippen LogP contribution in [0.2, 0.25) is 0 Å². The second-order valence-electron chi connectivity index (χ2n) is 24.9. The van der Waals surface area contributed by atoms with E-state index >= 15 is 0 Å². The zero-order valence-corrected chi connectivity index (χ0v) is 40.9. The minimum atomic E-state index is -0.446. The molecule has 2 heteroatoms. The summed E-state index contributed by atoms with van der Waals surface area (Å²) in [5, 5.41) is 11.7. The number of hydrogen-bond donors (Lipinski definition) is 1. The minimum Gasteiger partial charge on any atom is -0.388 e. The van der Waals surface area contributed by atoms with Crippen LogP contribution >= 0.6 is 0 Å². The van der Waals surface area contributed by atoms with E-state index < -0.39 is 6.10 Å². The average Bonchev–Trinajstić information content (AvgIpc) is 3.48. The molecule has 1 N–H and O–H groups in total. The molecule has 0 aliphatic heterocycles. The molecule has 5 aliphatic carbocycles. The normalized spacial score (nSPS) is 37.2. The molecule has 0 aromatic carbocycles. The fourth-order valence-electron chi connectivity index (χ4n) is 14.8. The lowest BCUT2D eigenvalue weighted by Gasteiger charge is -2.58. The predicted octanol–water partition coefficient (Wildman–Crippen LogP) is 15.9. The Morgan fingerprint density at radius 3 is 2.14 bits per heavy atom. The van der Waals surface area contributed by atoms with Crippen molar-refractivity contribution in [2.24, 2.45) is 99.1 Å². The Hall–Kier alpha value is -0.860.